The smallest absolute Gasteiger partial charge is 0.294 e. The van der Waals surface area contributed by atoms with E-state index < -0.39 is 4.92 Å². The highest BCUT2D eigenvalue weighted by Gasteiger charge is 2.24. The Morgan fingerprint density at radius 3 is 2.70 bits per heavy atom. The van der Waals surface area contributed by atoms with Crippen molar-refractivity contribution in [2.75, 3.05) is 5.73 Å². The van der Waals surface area contributed by atoms with E-state index in [-0.39, 0.29) is 5.69 Å². The minimum atomic E-state index is -0.400. The van der Waals surface area contributed by atoms with Gasteiger partial charge in [-0.1, -0.05) is 25.0 Å². The predicted molar refractivity (Wildman–Crippen MR) is 75.8 cm³/mol. The SMILES string of the molecule is Nc1cn(-c2ccccc2[N+](=O)[O-])nc1C1CCCC1. The summed E-state index contributed by atoms with van der Waals surface area (Å²) in [6.07, 6.45) is 6.26. The Labute approximate surface area is 116 Å². The molecule has 1 saturated carbocycles. The molecule has 0 aliphatic heterocycles. The fourth-order valence-corrected chi connectivity index (χ4v) is 2.85. The van der Waals surface area contributed by atoms with Crippen molar-refractivity contribution in [2.45, 2.75) is 31.6 Å². The molecular formula is C14H16N4O2. The lowest BCUT2D eigenvalue weighted by atomic mass is 10.0. The van der Waals surface area contributed by atoms with E-state index in [4.69, 9.17) is 5.73 Å². The van der Waals surface area contributed by atoms with Crippen LogP contribution in [0.4, 0.5) is 11.4 Å². The summed E-state index contributed by atoms with van der Waals surface area (Å²) in [6.45, 7) is 0. The Morgan fingerprint density at radius 1 is 1.30 bits per heavy atom. The van der Waals surface area contributed by atoms with Gasteiger partial charge in [-0.3, -0.25) is 10.1 Å². The number of para-hydroxylation sites is 2. The Balaban J connectivity index is 2.03. The molecule has 0 bridgehead atoms. The number of nitrogens with two attached hydrogens (primary N) is 1. The van der Waals surface area contributed by atoms with E-state index in [0.717, 1.165) is 18.5 Å². The predicted octanol–water partition coefficient (Wildman–Crippen LogP) is 3.02. The van der Waals surface area contributed by atoms with Gasteiger partial charge in [-0.05, 0) is 18.9 Å². The third-order valence-corrected chi connectivity index (χ3v) is 3.84. The zero-order chi connectivity index (χ0) is 14.1. The molecule has 104 valence electrons. The van der Waals surface area contributed by atoms with Crippen molar-refractivity contribution in [1.29, 1.82) is 0 Å². The number of benzene rings is 1. The molecule has 20 heavy (non-hydrogen) atoms. The minimum Gasteiger partial charge on any atom is -0.396 e. The number of nitro groups is 1. The Morgan fingerprint density at radius 2 is 2.00 bits per heavy atom. The van der Waals surface area contributed by atoms with Gasteiger partial charge in [-0.25, -0.2) is 4.68 Å². The maximum absolute atomic E-state index is 11.1. The lowest BCUT2D eigenvalue weighted by Crippen LogP contribution is -2.02. The van der Waals surface area contributed by atoms with E-state index in [1.807, 2.05) is 0 Å². The molecule has 1 aromatic carbocycles. The molecule has 0 unspecified atom stereocenters. The van der Waals surface area contributed by atoms with Gasteiger partial charge in [0.25, 0.3) is 5.69 Å². The van der Waals surface area contributed by atoms with Crippen LogP contribution in [0.3, 0.4) is 0 Å². The van der Waals surface area contributed by atoms with Crippen LogP contribution in [0.1, 0.15) is 37.3 Å². The fourth-order valence-electron chi connectivity index (χ4n) is 2.85. The topological polar surface area (TPSA) is 87.0 Å². The molecule has 0 spiro atoms. The zero-order valence-corrected chi connectivity index (χ0v) is 11.0. The normalized spacial score (nSPS) is 15.6. The molecule has 0 saturated heterocycles. The van der Waals surface area contributed by atoms with Crippen LogP contribution in [0.25, 0.3) is 5.69 Å². The summed E-state index contributed by atoms with van der Waals surface area (Å²) in [5, 5.41) is 15.6. The number of hydrogen-bond acceptors (Lipinski definition) is 4. The van der Waals surface area contributed by atoms with Gasteiger partial charge in [0.1, 0.15) is 5.69 Å². The molecule has 6 nitrogen and oxygen atoms in total. The van der Waals surface area contributed by atoms with E-state index in [9.17, 15) is 10.1 Å². The fraction of sp³-hybridized carbons (Fsp3) is 0.357. The van der Waals surface area contributed by atoms with E-state index >= 15 is 0 Å². The lowest BCUT2D eigenvalue weighted by Gasteiger charge is -2.06. The first-order valence-electron chi connectivity index (χ1n) is 6.75. The van der Waals surface area contributed by atoms with Crippen LogP contribution in [0.15, 0.2) is 30.5 Å². The first-order chi connectivity index (χ1) is 9.66. The molecule has 1 aromatic heterocycles. The number of nitrogens with zero attached hydrogens (tertiary/aromatic N) is 3. The second kappa shape index (κ2) is 4.96. The van der Waals surface area contributed by atoms with Crippen molar-refractivity contribution in [3.8, 4) is 5.69 Å². The number of hydrogen-bond donors (Lipinski definition) is 1. The number of nitrogen functional groups attached to an aromatic ring is 1. The quantitative estimate of drug-likeness (QED) is 0.687. The lowest BCUT2D eigenvalue weighted by molar-refractivity contribution is -0.384. The second-order valence-corrected chi connectivity index (χ2v) is 5.14. The van der Waals surface area contributed by atoms with E-state index in [1.165, 1.54) is 23.6 Å². The zero-order valence-electron chi connectivity index (χ0n) is 11.0. The van der Waals surface area contributed by atoms with E-state index in [1.54, 1.807) is 24.4 Å². The van der Waals surface area contributed by atoms with Crippen LogP contribution in [-0.4, -0.2) is 14.7 Å². The summed E-state index contributed by atoms with van der Waals surface area (Å²) in [4.78, 5) is 10.7. The average molecular weight is 272 g/mol. The van der Waals surface area contributed by atoms with Crippen molar-refractivity contribution in [3.05, 3.63) is 46.3 Å². The standard InChI is InChI=1S/C14H16N4O2/c15-11-9-17(16-14(11)10-5-1-2-6-10)12-7-3-4-8-13(12)18(19)20/h3-4,7-10H,1-2,5-6,15H2. The summed E-state index contributed by atoms with van der Waals surface area (Å²) in [7, 11) is 0. The van der Waals surface area contributed by atoms with Gasteiger partial charge in [-0.15, -0.1) is 0 Å². The largest absolute Gasteiger partial charge is 0.396 e. The van der Waals surface area contributed by atoms with Gasteiger partial charge in [0.15, 0.2) is 0 Å². The number of rotatable bonds is 3. The first kappa shape index (κ1) is 12.7. The Hall–Kier alpha value is -2.37. The molecule has 2 aromatic rings. The molecule has 3 rings (SSSR count). The maximum Gasteiger partial charge on any atom is 0.294 e. The van der Waals surface area contributed by atoms with Gasteiger partial charge in [-0.2, -0.15) is 5.10 Å². The van der Waals surface area contributed by atoms with Crippen molar-refractivity contribution in [2.24, 2.45) is 0 Å². The third-order valence-electron chi connectivity index (χ3n) is 3.84. The summed E-state index contributed by atoms with van der Waals surface area (Å²) in [5.41, 5.74) is 8.01. The Bertz CT molecular complexity index is 644. The van der Waals surface area contributed by atoms with E-state index in [0.29, 0.717) is 17.3 Å². The first-order valence-corrected chi connectivity index (χ1v) is 6.75. The number of nitro benzene ring substituents is 1. The van der Waals surface area contributed by atoms with Crippen LogP contribution in [-0.2, 0) is 0 Å². The molecule has 0 atom stereocenters. The van der Waals surface area contributed by atoms with Crippen LogP contribution < -0.4 is 5.73 Å². The molecule has 1 fully saturated rings. The van der Waals surface area contributed by atoms with Crippen LogP contribution >= 0.6 is 0 Å². The average Bonchev–Trinajstić information content (AvgIpc) is 3.07. The van der Waals surface area contributed by atoms with Crippen molar-refractivity contribution >= 4 is 11.4 Å². The molecule has 1 heterocycles. The highest BCUT2D eigenvalue weighted by Crippen LogP contribution is 2.36. The highest BCUT2D eigenvalue weighted by atomic mass is 16.6. The van der Waals surface area contributed by atoms with Crippen molar-refractivity contribution in [1.82, 2.24) is 9.78 Å². The molecule has 0 radical (unpaired) electrons. The Kier molecular flexibility index (Phi) is 3.14. The van der Waals surface area contributed by atoms with Gasteiger partial charge < -0.3 is 5.73 Å². The molecule has 1 aliphatic carbocycles. The number of anilines is 1. The minimum absolute atomic E-state index is 0.0352. The summed E-state index contributed by atoms with van der Waals surface area (Å²) in [5.74, 6) is 0.388. The molecular weight excluding hydrogens is 256 g/mol. The van der Waals surface area contributed by atoms with Crippen LogP contribution in [0, 0.1) is 10.1 Å². The third kappa shape index (κ3) is 2.13. The van der Waals surface area contributed by atoms with Gasteiger partial charge in [0.2, 0.25) is 0 Å². The van der Waals surface area contributed by atoms with Gasteiger partial charge in [0.05, 0.1) is 22.5 Å². The van der Waals surface area contributed by atoms with Gasteiger partial charge >= 0.3 is 0 Å². The van der Waals surface area contributed by atoms with Crippen molar-refractivity contribution < 1.29 is 4.92 Å². The molecule has 6 heteroatoms. The van der Waals surface area contributed by atoms with Gasteiger partial charge in [0, 0.05) is 12.0 Å². The second-order valence-electron chi connectivity index (χ2n) is 5.14. The van der Waals surface area contributed by atoms with E-state index in [2.05, 4.69) is 5.10 Å². The molecule has 1 aliphatic rings. The summed E-state index contributed by atoms with van der Waals surface area (Å²) >= 11 is 0. The maximum atomic E-state index is 11.1. The summed E-state index contributed by atoms with van der Waals surface area (Å²) < 4.78 is 1.53. The number of aromatic nitrogens is 2. The summed E-state index contributed by atoms with van der Waals surface area (Å²) in [6, 6.07) is 6.56. The molecule has 0 amide bonds. The van der Waals surface area contributed by atoms with Crippen molar-refractivity contribution in [3.63, 3.8) is 0 Å². The van der Waals surface area contributed by atoms with Crippen LogP contribution in [0.5, 0.6) is 0 Å². The van der Waals surface area contributed by atoms with Crippen LogP contribution in [0.2, 0.25) is 0 Å². The monoisotopic (exact) mass is 272 g/mol. The molecule has 2 N–H and O–H groups in total. The highest BCUT2D eigenvalue weighted by molar-refractivity contribution is 5.54.